The molecule has 2 atom stereocenters. The molecule has 19 heavy (non-hydrogen) atoms. The second-order valence-corrected chi connectivity index (χ2v) is 4.82. The van der Waals surface area contributed by atoms with E-state index in [9.17, 15) is 15.0 Å². The molecule has 0 heterocycles. The zero-order chi connectivity index (χ0) is 13.8. The van der Waals surface area contributed by atoms with Gasteiger partial charge in [0.05, 0.1) is 0 Å². The van der Waals surface area contributed by atoms with Crippen molar-refractivity contribution in [3.63, 3.8) is 0 Å². The van der Waals surface area contributed by atoms with E-state index in [4.69, 9.17) is 4.74 Å². The molecule has 2 N–H and O–H groups in total. The van der Waals surface area contributed by atoms with Crippen LogP contribution >= 0.6 is 0 Å². The quantitative estimate of drug-likeness (QED) is 0.499. The molecule has 1 aromatic rings. The van der Waals surface area contributed by atoms with Gasteiger partial charge in [-0.25, -0.2) is 4.79 Å². The molecule has 0 aliphatic heterocycles. The number of esters is 1. The highest BCUT2D eigenvalue weighted by Gasteiger charge is 2.29. The van der Waals surface area contributed by atoms with Crippen LogP contribution in [0.2, 0.25) is 0 Å². The summed E-state index contributed by atoms with van der Waals surface area (Å²) in [6.07, 6.45) is 4.78. The van der Waals surface area contributed by atoms with Gasteiger partial charge >= 0.3 is 5.97 Å². The second kappa shape index (κ2) is 5.78. The summed E-state index contributed by atoms with van der Waals surface area (Å²) in [6.45, 7) is 3.40. The first kappa shape index (κ1) is 13.5. The van der Waals surface area contributed by atoms with Crippen LogP contribution in [0.25, 0.3) is 0 Å². The zero-order valence-electron chi connectivity index (χ0n) is 10.7. The van der Waals surface area contributed by atoms with Gasteiger partial charge in [-0.3, -0.25) is 0 Å². The molecule has 0 saturated heterocycles. The van der Waals surface area contributed by atoms with Crippen LogP contribution in [0.5, 0.6) is 11.5 Å². The highest BCUT2D eigenvalue weighted by molar-refractivity contribution is 5.81. The number of phenolic OH excluding ortho intramolecular Hbond substituents is 2. The molecule has 102 valence electrons. The number of hydrogen-bond acceptors (Lipinski definition) is 4. The van der Waals surface area contributed by atoms with Crippen LogP contribution in [0, 0.1) is 0 Å². The van der Waals surface area contributed by atoms with E-state index in [2.05, 4.69) is 6.58 Å². The Balaban J connectivity index is 2.20. The maximum absolute atomic E-state index is 11.3. The molecule has 0 spiro atoms. The fourth-order valence-electron chi connectivity index (χ4n) is 2.59. The topological polar surface area (TPSA) is 66.8 Å². The van der Waals surface area contributed by atoms with Gasteiger partial charge in [0.2, 0.25) is 0 Å². The smallest absolute Gasteiger partial charge is 0.330 e. The highest BCUT2D eigenvalue weighted by atomic mass is 16.5. The van der Waals surface area contributed by atoms with Gasteiger partial charge in [-0.1, -0.05) is 19.1 Å². The summed E-state index contributed by atoms with van der Waals surface area (Å²) in [7, 11) is 0. The van der Waals surface area contributed by atoms with E-state index in [1.165, 1.54) is 12.1 Å². The molecular formula is C15H18O4. The Kier molecular flexibility index (Phi) is 4.10. The normalized spacial score (nSPS) is 22.7. The van der Waals surface area contributed by atoms with Crippen LogP contribution in [-0.4, -0.2) is 22.3 Å². The summed E-state index contributed by atoms with van der Waals surface area (Å²) in [4.78, 5) is 11.3. The van der Waals surface area contributed by atoms with Crippen molar-refractivity contribution in [2.75, 3.05) is 0 Å². The van der Waals surface area contributed by atoms with E-state index in [-0.39, 0.29) is 23.5 Å². The predicted octanol–water partition coefficient (Wildman–Crippen LogP) is 2.85. The summed E-state index contributed by atoms with van der Waals surface area (Å²) in [5.41, 5.74) is 0.886. The van der Waals surface area contributed by atoms with Crippen LogP contribution in [0.15, 0.2) is 30.9 Å². The summed E-state index contributed by atoms with van der Waals surface area (Å²) in [5.74, 6) is -0.639. The van der Waals surface area contributed by atoms with Gasteiger partial charge in [0.15, 0.2) is 11.5 Å². The third-order valence-electron chi connectivity index (χ3n) is 3.56. The molecule has 2 unspecified atom stereocenters. The molecule has 0 bridgehead atoms. The molecular weight excluding hydrogens is 244 g/mol. The van der Waals surface area contributed by atoms with Crippen molar-refractivity contribution in [2.24, 2.45) is 0 Å². The predicted molar refractivity (Wildman–Crippen MR) is 71.1 cm³/mol. The van der Waals surface area contributed by atoms with E-state index in [1.54, 1.807) is 12.1 Å². The Hall–Kier alpha value is -1.97. The first-order valence-corrected chi connectivity index (χ1v) is 6.46. The van der Waals surface area contributed by atoms with Crippen LogP contribution in [-0.2, 0) is 9.53 Å². The lowest BCUT2D eigenvalue weighted by molar-refractivity contribution is -0.145. The number of carbonyl (C=O) groups excluding carboxylic acids is 1. The van der Waals surface area contributed by atoms with Crippen molar-refractivity contribution in [3.05, 3.63) is 36.4 Å². The molecule has 1 aliphatic carbocycles. The van der Waals surface area contributed by atoms with Crippen LogP contribution < -0.4 is 0 Å². The number of benzene rings is 1. The number of phenols is 2. The number of carbonyl (C=O) groups is 1. The van der Waals surface area contributed by atoms with Crippen molar-refractivity contribution in [2.45, 2.75) is 37.7 Å². The van der Waals surface area contributed by atoms with Gasteiger partial charge in [0.1, 0.15) is 6.10 Å². The van der Waals surface area contributed by atoms with Crippen molar-refractivity contribution in [3.8, 4) is 11.5 Å². The maximum Gasteiger partial charge on any atom is 0.330 e. The van der Waals surface area contributed by atoms with E-state index in [0.29, 0.717) is 0 Å². The second-order valence-electron chi connectivity index (χ2n) is 4.82. The molecule has 4 nitrogen and oxygen atoms in total. The first-order chi connectivity index (χ1) is 9.11. The largest absolute Gasteiger partial charge is 0.504 e. The third kappa shape index (κ3) is 3.08. The van der Waals surface area contributed by atoms with E-state index in [1.807, 2.05) is 0 Å². The van der Waals surface area contributed by atoms with Crippen molar-refractivity contribution in [1.82, 2.24) is 0 Å². The zero-order valence-corrected chi connectivity index (χ0v) is 10.7. The molecule has 2 rings (SSSR count). The SMILES string of the molecule is C=CC(=O)OC1CCCCC1c1ccc(O)c(O)c1. The molecule has 1 aliphatic rings. The van der Waals surface area contributed by atoms with Gasteiger partial charge in [-0.2, -0.15) is 0 Å². The summed E-state index contributed by atoms with van der Waals surface area (Å²) < 4.78 is 5.38. The first-order valence-electron chi connectivity index (χ1n) is 6.46. The van der Waals surface area contributed by atoms with E-state index in [0.717, 1.165) is 31.2 Å². The lowest BCUT2D eigenvalue weighted by atomic mass is 9.81. The lowest BCUT2D eigenvalue weighted by Gasteiger charge is -2.31. The average molecular weight is 262 g/mol. The van der Waals surface area contributed by atoms with Crippen molar-refractivity contribution >= 4 is 5.97 Å². The van der Waals surface area contributed by atoms with Gasteiger partial charge in [-0.05, 0) is 37.0 Å². The Bertz CT molecular complexity index is 481. The highest BCUT2D eigenvalue weighted by Crippen LogP contribution is 2.38. The monoisotopic (exact) mass is 262 g/mol. The molecule has 4 heteroatoms. The summed E-state index contributed by atoms with van der Waals surface area (Å²) in [6, 6.07) is 4.77. The van der Waals surface area contributed by atoms with E-state index < -0.39 is 5.97 Å². The van der Waals surface area contributed by atoms with Crippen molar-refractivity contribution < 1.29 is 19.7 Å². The number of rotatable bonds is 3. The molecule has 0 radical (unpaired) electrons. The molecule has 1 aromatic carbocycles. The minimum atomic E-state index is -0.417. The van der Waals surface area contributed by atoms with Crippen LogP contribution in [0.4, 0.5) is 0 Å². The van der Waals surface area contributed by atoms with Gasteiger partial charge in [-0.15, -0.1) is 0 Å². The molecule has 0 aromatic heterocycles. The minimum absolute atomic E-state index is 0.0594. The molecule has 0 amide bonds. The summed E-state index contributed by atoms with van der Waals surface area (Å²) >= 11 is 0. The minimum Gasteiger partial charge on any atom is -0.504 e. The Morgan fingerprint density at radius 3 is 2.68 bits per heavy atom. The number of ether oxygens (including phenoxy) is 1. The number of hydrogen-bond donors (Lipinski definition) is 2. The van der Waals surface area contributed by atoms with E-state index >= 15 is 0 Å². The van der Waals surface area contributed by atoms with Gasteiger partial charge in [0.25, 0.3) is 0 Å². The van der Waals surface area contributed by atoms with Crippen LogP contribution in [0.3, 0.4) is 0 Å². The fourth-order valence-corrected chi connectivity index (χ4v) is 2.59. The third-order valence-corrected chi connectivity index (χ3v) is 3.56. The van der Waals surface area contributed by atoms with Crippen LogP contribution in [0.1, 0.15) is 37.2 Å². The molecule has 1 fully saturated rings. The van der Waals surface area contributed by atoms with Crippen molar-refractivity contribution in [1.29, 1.82) is 0 Å². The maximum atomic E-state index is 11.3. The fraction of sp³-hybridized carbons (Fsp3) is 0.400. The average Bonchev–Trinajstić information content (AvgIpc) is 2.42. The standard InChI is InChI=1S/C15H18O4/c1-2-15(18)19-14-6-4-3-5-11(14)10-7-8-12(16)13(17)9-10/h2,7-9,11,14,16-17H,1,3-6H2. The van der Waals surface area contributed by atoms with Gasteiger partial charge < -0.3 is 14.9 Å². The Morgan fingerprint density at radius 1 is 1.26 bits per heavy atom. The molecule has 1 saturated carbocycles. The summed E-state index contributed by atoms with van der Waals surface area (Å²) in [5, 5.41) is 18.9. The number of aromatic hydroxyl groups is 2. The lowest BCUT2D eigenvalue weighted by Crippen LogP contribution is -2.28. The Labute approximate surface area is 112 Å². The Morgan fingerprint density at radius 2 is 2.00 bits per heavy atom. The van der Waals surface area contributed by atoms with Gasteiger partial charge in [0, 0.05) is 12.0 Å².